The SMILES string of the molecule is CC(C)Oc1ccc(S(=O)(=O)N2CCC(c3cn(CC(=O)O)c4c(F)c(F)ccc34)C2)cc1. The number of fused-ring (bicyclic) bond motifs is 1. The van der Waals surface area contributed by atoms with E-state index in [1.54, 1.807) is 12.1 Å². The summed E-state index contributed by atoms with van der Waals surface area (Å²) in [6.45, 7) is 3.63. The Hall–Kier alpha value is -2.98. The van der Waals surface area contributed by atoms with Gasteiger partial charge in [0.25, 0.3) is 0 Å². The van der Waals surface area contributed by atoms with Crippen molar-refractivity contribution in [3.63, 3.8) is 0 Å². The average Bonchev–Trinajstić information content (AvgIpc) is 3.36. The van der Waals surface area contributed by atoms with Gasteiger partial charge >= 0.3 is 5.97 Å². The van der Waals surface area contributed by atoms with Gasteiger partial charge in [0, 0.05) is 30.6 Å². The van der Waals surface area contributed by atoms with E-state index in [-0.39, 0.29) is 35.5 Å². The van der Waals surface area contributed by atoms with Crippen molar-refractivity contribution in [3.8, 4) is 5.75 Å². The normalized spacial score (nSPS) is 17.2. The summed E-state index contributed by atoms with van der Waals surface area (Å²) in [5.74, 6) is -3.09. The van der Waals surface area contributed by atoms with Crippen LogP contribution in [0.5, 0.6) is 5.75 Å². The van der Waals surface area contributed by atoms with Crippen LogP contribution < -0.4 is 4.74 Å². The molecule has 7 nitrogen and oxygen atoms in total. The minimum atomic E-state index is -3.76. The lowest BCUT2D eigenvalue weighted by Crippen LogP contribution is -2.28. The third kappa shape index (κ3) is 4.45. The van der Waals surface area contributed by atoms with Crippen molar-refractivity contribution in [1.82, 2.24) is 8.87 Å². The number of carboxylic acid groups (broad SMARTS) is 1. The molecule has 0 aliphatic carbocycles. The van der Waals surface area contributed by atoms with Crippen molar-refractivity contribution in [2.75, 3.05) is 13.1 Å². The van der Waals surface area contributed by atoms with E-state index in [0.717, 1.165) is 10.6 Å². The van der Waals surface area contributed by atoms with Gasteiger partial charge in [-0.15, -0.1) is 0 Å². The van der Waals surface area contributed by atoms with Gasteiger partial charge in [0.2, 0.25) is 10.0 Å². The molecule has 0 amide bonds. The van der Waals surface area contributed by atoms with Crippen LogP contribution in [0.25, 0.3) is 10.9 Å². The highest BCUT2D eigenvalue weighted by Gasteiger charge is 2.35. The molecular formula is C23H24F2N2O5S. The van der Waals surface area contributed by atoms with E-state index in [9.17, 15) is 27.1 Å². The summed E-state index contributed by atoms with van der Waals surface area (Å²) < 4.78 is 62.7. The third-order valence-corrected chi connectivity index (χ3v) is 7.57. The summed E-state index contributed by atoms with van der Waals surface area (Å²) >= 11 is 0. The Labute approximate surface area is 190 Å². The summed E-state index contributed by atoms with van der Waals surface area (Å²) in [4.78, 5) is 11.4. The Morgan fingerprint density at radius 1 is 1.18 bits per heavy atom. The molecule has 0 spiro atoms. The van der Waals surface area contributed by atoms with Gasteiger partial charge in [0.05, 0.1) is 16.5 Å². The Morgan fingerprint density at radius 3 is 2.52 bits per heavy atom. The number of rotatable bonds is 7. The highest BCUT2D eigenvalue weighted by Crippen LogP contribution is 2.37. The van der Waals surface area contributed by atoms with Crippen molar-refractivity contribution in [1.29, 1.82) is 0 Å². The summed E-state index contributed by atoms with van der Waals surface area (Å²) in [6.07, 6.45) is 1.92. The van der Waals surface area contributed by atoms with Gasteiger partial charge in [-0.1, -0.05) is 0 Å². The predicted molar refractivity (Wildman–Crippen MR) is 118 cm³/mol. The fourth-order valence-electron chi connectivity index (χ4n) is 4.26. The van der Waals surface area contributed by atoms with Crippen molar-refractivity contribution in [3.05, 3.63) is 59.8 Å². The Kier molecular flexibility index (Phi) is 6.15. The van der Waals surface area contributed by atoms with Crippen LogP contribution in [0.15, 0.2) is 47.5 Å². The average molecular weight is 479 g/mol. The van der Waals surface area contributed by atoms with Gasteiger partial charge in [0.15, 0.2) is 11.6 Å². The van der Waals surface area contributed by atoms with Crippen molar-refractivity contribution >= 4 is 26.9 Å². The van der Waals surface area contributed by atoms with Gasteiger partial charge in [-0.3, -0.25) is 4.79 Å². The first-order valence-corrected chi connectivity index (χ1v) is 12.0. The number of sulfonamides is 1. The zero-order chi connectivity index (χ0) is 23.9. The molecule has 176 valence electrons. The summed E-state index contributed by atoms with van der Waals surface area (Å²) in [5.41, 5.74) is 0.470. The molecule has 33 heavy (non-hydrogen) atoms. The fraction of sp³-hybridized carbons (Fsp3) is 0.348. The van der Waals surface area contributed by atoms with E-state index in [4.69, 9.17) is 4.74 Å². The molecule has 1 aromatic heterocycles. The number of benzene rings is 2. The highest BCUT2D eigenvalue weighted by molar-refractivity contribution is 7.89. The van der Waals surface area contributed by atoms with E-state index in [0.29, 0.717) is 23.1 Å². The fourth-order valence-corrected chi connectivity index (χ4v) is 5.76. The quantitative estimate of drug-likeness (QED) is 0.555. The van der Waals surface area contributed by atoms with E-state index >= 15 is 0 Å². The number of hydrogen-bond donors (Lipinski definition) is 1. The Balaban J connectivity index is 1.62. The van der Waals surface area contributed by atoms with Gasteiger partial charge in [-0.2, -0.15) is 4.31 Å². The van der Waals surface area contributed by atoms with Gasteiger partial charge < -0.3 is 14.4 Å². The zero-order valence-electron chi connectivity index (χ0n) is 18.2. The lowest BCUT2D eigenvalue weighted by molar-refractivity contribution is -0.137. The minimum absolute atomic E-state index is 0.0339. The molecule has 0 saturated carbocycles. The van der Waals surface area contributed by atoms with Crippen molar-refractivity contribution < 1.29 is 31.8 Å². The Bertz CT molecular complexity index is 1300. The molecule has 1 fully saturated rings. The topological polar surface area (TPSA) is 88.8 Å². The van der Waals surface area contributed by atoms with Crippen LogP contribution >= 0.6 is 0 Å². The number of hydrogen-bond acceptors (Lipinski definition) is 4. The molecule has 0 radical (unpaired) electrons. The van der Waals surface area contributed by atoms with E-state index in [2.05, 4.69) is 0 Å². The third-order valence-electron chi connectivity index (χ3n) is 5.69. The molecule has 10 heteroatoms. The molecule has 3 aromatic rings. The van der Waals surface area contributed by atoms with Crippen molar-refractivity contribution in [2.24, 2.45) is 0 Å². The van der Waals surface area contributed by atoms with E-state index in [1.807, 2.05) is 13.8 Å². The number of ether oxygens (including phenoxy) is 1. The number of nitrogens with zero attached hydrogens (tertiary/aromatic N) is 2. The lowest BCUT2D eigenvalue weighted by atomic mass is 9.98. The first-order chi connectivity index (χ1) is 15.6. The largest absolute Gasteiger partial charge is 0.491 e. The summed E-state index contributed by atoms with van der Waals surface area (Å²) in [6, 6.07) is 8.62. The molecule has 2 aromatic carbocycles. The molecule has 2 heterocycles. The van der Waals surface area contributed by atoms with Gasteiger partial charge in [0.1, 0.15) is 12.3 Å². The molecular weight excluding hydrogens is 454 g/mol. The van der Waals surface area contributed by atoms with Crippen LogP contribution in [0.2, 0.25) is 0 Å². The minimum Gasteiger partial charge on any atom is -0.491 e. The maximum absolute atomic E-state index is 14.5. The Morgan fingerprint density at radius 2 is 1.88 bits per heavy atom. The van der Waals surface area contributed by atoms with Gasteiger partial charge in [-0.05, 0) is 62.2 Å². The number of aromatic nitrogens is 1. The molecule has 1 N–H and O–H groups in total. The number of halogens is 2. The second-order valence-electron chi connectivity index (χ2n) is 8.35. The standard InChI is InChI=1S/C23H24F2N2O5S/c1-14(2)32-16-3-5-17(6-4-16)33(30,31)27-10-9-15(11-27)19-12-26(13-21(28)29)23-18(19)7-8-20(24)22(23)25/h3-8,12,14-15H,9-11,13H2,1-2H3,(H,28,29). The molecule has 1 unspecified atom stereocenters. The van der Waals surface area contributed by atoms with Crippen LogP contribution in [0.3, 0.4) is 0 Å². The molecule has 0 bridgehead atoms. The molecule has 1 atom stereocenters. The second-order valence-corrected chi connectivity index (χ2v) is 10.3. The van der Waals surface area contributed by atoms with Crippen LogP contribution in [-0.4, -0.2) is 47.6 Å². The second kappa shape index (κ2) is 8.75. The first-order valence-electron chi connectivity index (χ1n) is 10.5. The number of carbonyl (C=O) groups is 1. The number of carboxylic acids is 1. The molecule has 1 aliphatic heterocycles. The van der Waals surface area contributed by atoms with E-state index < -0.39 is 34.2 Å². The monoisotopic (exact) mass is 478 g/mol. The lowest BCUT2D eigenvalue weighted by Gasteiger charge is -2.17. The maximum Gasteiger partial charge on any atom is 0.323 e. The van der Waals surface area contributed by atoms with Crippen LogP contribution in [-0.2, 0) is 21.4 Å². The van der Waals surface area contributed by atoms with Gasteiger partial charge in [-0.25, -0.2) is 17.2 Å². The molecule has 4 rings (SSSR count). The smallest absolute Gasteiger partial charge is 0.323 e. The summed E-state index contributed by atoms with van der Waals surface area (Å²) in [5, 5.41) is 9.55. The number of aliphatic carboxylic acids is 1. The van der Waals surface area contributed by atoms with E-state index in [1.165, 1.54) is 28.7 Å². The summed E-state index contributed by atoms with van der Waals surface area (Å²) in [7, 11) is -3.76. The maximum atomic E-state index is 14.5. The van der Waals surface area contributed by atoms with Crippen LogP contribution in [0.4, 0.5) is 8.78 Å². The molecule has 1 aliphatic rings. The van der Waals surface area contributed by atoms with Crippen molar-refractivity contribution in [2.45, 2.75) is 43.7 Å². The predicted octanol–water partition coefficient (Wildman–Crippen LogP) is 3.97. The van der Waals surface area contributed by atoms with Crippen LogP contribution in [0, 0.1) is 11.6 Å². The zero-order valence-corrected chi connectivity index (χ0v) is 19.0. The molecule has 1 saturated heterocycles. The highest BCUT2D eigenvalue weighted by atomic mass is 32.2. The first kappa shape index (κ1) is 23.2. The van der Waals surface area contributed by atoms with Crippen LogP contribution in [0.1, 0.15) is 31.7 Å².